The van der Waals surface area contributed by atoms with Gasteiger partial charge in [0, 0.05) is 24.2 Å². The van der Waals surface area contributed by atoms with E-state index in [2.05, 4.69) is 15.5 Å². The van der Waals surface area contributed by atoms with E-state index in [1.54, 1.807) is 7.11 Å². The number of thiocarbonyl (C=S) groups is 1. The van der Waals surface area contributed by atoms with Crippen molar-refractivity contribution in [2.24, 2.45) is 0 Å². The van der Waals surface area contributed by atoms with Crippen LogP contribution in [0.25, 0.3) is 0 Å². The lowest BCUT2D eigenvalue weighted by Gasteiger charge is -2.32. The van der Waals surface area contributed by atoms with Gasteiger partial charge in [0.25, 0.3) is 0 Å². The van der Waals surface area contributed by atoms with Gasteiger partial charge >= 0.3 is 0 Å². The van der Waals surface area contributed by atoms with E-state index in [-0.39, 0.29) is 12.5 Å². The monoisotopic (exact) mass is 445 g/mol. The van der Waals surface area contributed by atoms with Crippen molar-refractivity contribution in [2.45, 2.75) is 44.8 Å². The number of rotatable bonds is 8. The topological polar surface area (TPSA) is 53.6 Å². The molecular formula is C23H28ClN3O2S. The van der Waals surface area contributed by atoms with Crippen molar-refractivity contribution in [3.63, 3.8) is 0 Å². The van der Waals surface area contributed by atoms with E-state index < -0.39 is 0 Å². The summed E-state index contributed by atoms with van der Waals surface area (Å²) >= 11 is 12.0. The van der Waals surface area contributed by atoms with Gasteiger partial charge in [-0.1, -0.05) is 54.8 Å². The van der Waals surface area contributed by atoms with Gasteiger partial charge in [0.15, 0.2) is 5.11 Å². The second-order valence-corrected chi connectivity index (χ2v) is 8.24. The molecule has 160 valence electrons. The Hall–Kier alpha value is -2.31. The van der Waals surface area contributed by atoms with Crippen LogP contribution in [0.5, 0.6) is 5.75 Å². The molecule has 30 heavy (non-hydrogen) atoms. The number of benzene rings is 2. The Bertz CT molecular complexity index is 871. The number of halogens is 1. The highest BCUT2D eigenvalue weighted by Crippen LogP contribution is 2.27. The Labute approximate surface area is 188 Å². The van der Waals surface area contributed by atoms with E-state index in [1.165, 1.54) is 12.8 Å². The summed E-state index contributed by atoms with van der Waals surface area (Å²) in [6.07, 6.45) is 4.61. The predicted molar refractivity (Wildman–Crippen MR) is 125 cm³/mol. The maximum atomic E-state index is 12.3. The standard InChI is InChI=1S/C23H28ClN3O2S/c1-29-20-11-6-7-17(13-20)14-25-22(28)15-26-23(30)27(19-9-3-4-10-19)16-18-8-2-5-12-21(18)24/h2,5-8,11-13,19H,3-4,9-10,14-16H2,1H3,(H,25,28)(H,26,30). The van der Waals surface area contributed by atoms with Crippen LogP contribution in [-0.2, 0) is 17.9 Å². The molecule has 0 spiro atoms. The summed E-state index contributed by atoms with van der Waals surface area (Å²) in [6.45, 7) is 1.21. The number of amides is 1. The van der Waals surface area contributed by atoms with Gasteiger partial charge in [0.05, 0.1) is 13.7 Å². The molecular weight excluding hydrogens is 418 g/mol. The van der Waals surface area contributed by atoms with E-state index in [0.29, 0.717) is 24.2 Å². The van der Waals surface area contributed by atoms with Gasteiger partial charge in [-0.05, 0) is 54.4 Å². The summed E-state index contributed by atoms with van der Waals surface area (Å²) in [5, 5.41) is 7.38. The Morgan fingerprint density at radius 1 is 1.17 bits per heavy atom. The number of nitrogens with one attached hydrogen (secondary N) is 2. The molecule has 0 saturated heterocycles. The van der Waals surface area contributed by atoms with Crippen molar-refractivity contribution in [3.05, 3.63) is 64.7 Å². The zero-order chi connectivity index (χ0) is 21.3. The second-order valence-electron chi connectivity index (χ2n) is 7.44. The normalized spacial score (nSPS) is 13.7. The quantitative estimate of drug-likeness (QED) is 0.594. The molecule has 0 bridgehead atoms. The first-order chi connectivity index (χ1) is 14.6. The molecule has 0 aliphatic heterocycles. The third-order valence-electron chi connectivity index (χ3n) is 5.35. The molecule has 1 fully saturated rings. The largest absolute Gasteiger partial charge is 0.497 e. The third-order valence-corrected chi connectivity index (χ3v) is 6.10. The number of hydrogen-bond acceptors (Lipinski definition) is 3. The number of hydrogen-bond donors (Lipinski definition) is 2. The summed E-state index contributed by atoms with van der Waals surface area (Å²) in [6, 6.07) is 15.8. The highest BCUT2D eigenvalue weighted by atomic mass is 35.5. The first kappa shape index (κ1) is 22.4. The smallest absolute Gasteiger partial charge is 0.239 e. The van der Waals surface area contributed by atoms with Gasteiger partial charge in [-0.3, -0.25) is 4.79 Å². The van der Waals surface area contributed by atoms with Crippen LogP contribution in [0.4, 0.5) is 0 Å². The second kappa shape index (κ2) is 11.2. The summed E-state index contributed by atoms with van der Waals surface area (Å²) < 4.78 is 5.22. The first-order valence-electron chi connectivity index (χ1n) is 10.2. The molecule has 2 aromatic carbocycles. The number of methoxy groups -OCH3 is 1. The van der Waals surface area contributed by atoms with Crippen molar-refractivity contribution in [3.8, 4) is 5.75 Å². The Kier molecular flexibility index (Phi) is 8.34. The molecule has 0 radical (unpaired) electrons. The number of nitrogens with zero attached hydrogens (tertiary/aromatic N) is 1. The molecule has 2 aromatic rings. The van der Waals surface area contributed by atoms with Crippen LogP contribution < -0.4 is 15.4 Å². The van der Waals surface area contributed by atoms with Crippen molar-refractivity contribution >= 4 is 34.8 Å². The van der Waals surface area contributed by atoms with Crippen LogP contribution >= 0.6 is 23.8 Å². The van der Waals surface area contributed by atoms with Crippen LogP contribution in [0.1, 0.15) is 36.8 Å². The number of ether oxygens (including phenoxy) is 1. The van der Waals surface area contributed by atoms with Gasteiger partial charge in [0.2, 0.25) is 5.91 Å². The van der Waals surface area contributed by atoms with Crippen LogP contribution in [0, 0.1) is 0 Å². The predicted octanol–water partition coefficient (Wildman–Crippen LogP) is 4.28. The summed E-state index contributed by atoms with van der Waals surface area (Å²) in [7, 11) is 1.63. The molecule has 0 heterocycles. The van der Waals surface area contributed by atoms with Crippen molar-refractivity contribution < 1.29 is 9.53 Å². The van der Waals surface area contributed by atoms with Gasteiger partial charge in [0.1, 0.15) is 5.75 Å². The molecule has 0 atom stereocenters. The average molecular weight is 446 g/mol. The minimum absolute atomic E-state index is 0.107. The summed E-state index contributed by atoms with van der Waals surface area (Å²) in [4.78, 5) is 14.5. The maximum Gasteiger partial charge on any atom is 0.239 e. The fraction of sp³-hybridized carbons (Fsp3) is 0.391. The van der Waals surface area contributed by atoms with E-state index >= 15 is 0 Å². The maximum absolute atomic E-state index is 12.3. The fourth-order valence-corrected chi connectivity index (χ4v) is 4.18. The summed E-state index contributed by atoms with van der Waals surface area (Å²) in [5.74, 6) is 0.664. The van der Waals surface area contributed by atoms with Crippen LogP contribution in [0.2, 0.25) is 5.02 Å². The van der Waals surface area contributed by atoms with Crippen LogP contribution in [0.3, 0.4) is 0 Å². The van der Waals surface area contributed by atoms with E-state index in [1.807, 2.05) is 48.5 Å². The highest BCUT2D eigenvalue weighted by Gasteiger charge is 2.25. The highest BCUT2D eigenvalue weighted by molar-refractivity contribution is 7.80. The number of carbonyl (C=O) groups excluding carboxylic acids is 1. The third kappa shape index (κ3) is 6.34. The molecule has 0 unspecified atom stereocenters. The van der Waals surface area contributed by atoms with E-state index in [4.69, 9.17) is 28.6 Å². The van der Waals surface area contributed by atoms with E-state index in [9.17, 15) is 4.79 Å². The molecule has 1 aliphatic carbocycles. The first-order valence-corrected chi connectivity index (χ1v) is 11.0. The zero-order valence-corrected chi connectivity index (χ0v) is 18.8. The molecule has 2 N–H and O–H groups in total. The fourth-order valence-electron chi connectivity index (χ4n) is 3.70. The molecule has 1 aliphatic rings. The lowest BCUT2D eigenvalue weighted by molar-refractivity contribution is -0.120. The molecule has 1 amide bonds. The Morgan fingerprint density at radius 2 is 1.93 bits per heavy atom. The van der Waals surface area contributed by atoms with Gasteiger partial charge in [-0.15, -0.1) is 0 Å². The molecule has 7 heteroatoms. The molecule has 0 aromatic heterocycles. The Morgan fingerprint density at radius 3 is 2.67 bits per heavy atom. The molecule has 5 nitrogen and oxygen atoms in total. The Balaban J connectivity index is 1.54. The van der Waals surface area contributed by atoms with Crippen molar-refractivity contribution in [1.82, 2.24) is 15.5 Å². The van der Waals surface area contributed by atoms with Gasteiger partial charge in [-0.2, -0.15) is 0 Å². The molecule has 3 rings (SSSR count). The summed E-state index contributed by atoms with van der Waals surface area (Å²) in [5.41, 5.74) is 2.02. The van der Waals surface area contributed by atoms with Gasteiger partial charge in [-0.25, -0.2) is 0 Å². The minimum atomic E-state index is -0.107. The lowest BCUT2D eigenvalue weighted by Crippen LogP contribution is -2.47. The van der Waals surface area contributed by atoms with Crippen LogP contribution in [0.15, 0.2) is 48.5 Å². The van der Waals surface area contributed by atoms with Crippen molar-refractivity contribution in [2.75, 3.05) is 13.7 Å². The van der Waals surface area contributed by atoms with E-state index in [0.717, 1.165) is 34.7 Å². The van der Waals surface area contributed by atoms with Gasteiger partial charge < -0.3 is 20.3 Å². The van der Waals surface area contributed by atoms with Crippen molar-refractivity contribution in [1.29, 1.82) is 0 Å². The molecule has 1 saturated carbocycles. The zero-order valence-electron chi connectivity index (χ0n) is 17.2. The SMILES string of the molecule is COc1cccc(CNC(=O)CNC(=S)N(Cc2ccccc2Cl)C2CCCC2)c1. The van der Waals surface area contributed by atoms with Crippen LogP contribution in [-0.4, -0.2) is 35.6 Å². The number of carbonyl (C=O) groups is 1. The average Bonchev–Trinajstić information content (AvgIpc) is 3.30. The minimum Gasteiger partial charge on any atom is -0.497 e. The lowest BCUT2D eigenvalue weighted by atomic mass is 10.1.